The van der Waals surface area contributed by atoms with E-state index in [4.69, 9.17) is 9.47 Å². The van der Waals surface area contributed by atoms with Gasteiger partial charge in [-0.3, -0.25) is 14.9 Å². The van der Waals surface area contributed by atoms with Gasteiger partial charge in [0.05, 0.1) is 10.5 Å². The Bertz CT molecular complexity index is 1230. The Labute approximate surface area is 179 Å². The van der Waals surface area contributed by atoms with Crippen LogP contribution < -0.4 is 9.47 Å². The summed E-state index contributed by atoms with van der Waals surface area (Å²) in [4.78, 5) is 23.2. The lowest BCUT2D eigenvalue weighted by molar-refractivity contribution is -0.384. The van der Waals surface area contributed by atoms with Crippen molar-refractivity contribution in [2.45, 2.75) is 27.4 Å². The Balaban J connectivity index is 1.56. The fourth-order valence-electron chi connectivity index (χ4n) is 3.52. The molecule has 3 aromatic carbocycles. The zero-order chi connectivity index (χ0) is 22.1. The summed E-state index contributed by atoms with van der Waals surface area (Å²) in [7, 11) is 0. The van der Waals surface area contributed by atoms with Crippen LogP contribution in [0.1, 0.15) is 38.2 Å². The molecule has 0 saturated heterocycles. The molecule has 0 radical (unpaired) electrons. The van der Waals surface area contributed by atoms with Crippen molar-refractivity contribution in [2.24, 2.45) is 0 Å². The van der Waals surface area contributed by atoms with Crippen LogP contribution in [0.2, 0.25) is 0 Å². The smallest absolute Gasteiger partial charge is 0.269 e. The van der Waals surface area contributed by atoms with Crippen molar-refractivity contribution in [3.8, 4) is 11.5 Å². The van der Waals surface area contributed by atoms with E-state index < -0.39 is 4.92 Å². The summed E-state index contributed by atoms with van der Waals surface area (Å²) >= 11 is 0. The number of rotatable bonds is 5. The molecule has 0 fully saturated rings. The molecule has 156 valence electrons. The number of aryl methyl sites for hydroxylation is 3. The number of nitro groups is 1. The van der Waals surface area contributed by atoms with Gasteiger partial charge in [0.2, 0.25) is 5.78 Å². The summed E-state index contributed by atoms with van der Waals surface area (Å²) in [6.45, 7) is 6.36. The molecule has 0 saturated carbocycles. The number of allylic oxidation sites excluding steroid dienone is 1. The van der Waals surface area contributed by atoms with Gasteiger partial charge in [-0.15, -0.1) is 0 Å². The van der Waals surface area contributed by atoms with Crippen molar-refractivity contribution in [3.63, 3.8) is 0 Å². The summed E-state index contributed by atoms with van der Waals surface area (Å²) in [5.41, 5.74) is 5.34. The number of carbonyl (C=O) groups excluding carboxylic acids is 1. The Morgan fingerprint density at radius 1 is 1.00 bits per heavy atom. The Hall–Kier alpha value is -3.93. The molecule has 1 aliphatic rings. The fourth-order valence-corrected chi connectivity index (χ4v) is 3.52. The Morgan fingerprint density at radius 3 is 2.45 bits per heavy atom. The number of nitro benzene ring substituents is 1. The predicted octanol–water partition coefficient (Wildman–Crippen LogP) is 5.72. The first kappa shape index (κ1) is 20.3. The van der Waals surface area contributed by atoms with Crippen molar-refractivity contribution >= 4 is 17.5 Å². The quantitative estimate of drug-likeness (QED) is 0.303. The number of carbonyl (C=O) groups is 1. The molecule has 0 aromatic heterocycles. The van der Waals surface area contributed by atoms with Crippen LogP contribution in [0.4, 0.5) is 5.69 Å². The molecule has 0 unspecified atom stereocenters. The molecule has 1 aliphatic heterocycles. The van der Waals surface area contributed by atoms with E-state index in [2.05, 4.69) is 18.2 Å². The summed E-state index contributed by atoms with van der Waals surface area (Å²) in [6.07, 6.45) is 1.59. The highest BCUT2D eigenvalue weighted by Gasteiger charge is 2.30. The highest BCUT2D eigenvalue weighted by atomic mass is 16.6. The number of ketones is 1. The number of nitrogens with zero attached hydrogens (tertiary/aromatic N) is 1. The maximum Gasteiger partial charge on any atom is 0.269 e. The molecular weight excluding hydrogens is 394 g/mol. The van der Waals surface area contributed by atoms with Crippen LogP contribution in [0.5, 0.6) is 11.5 Å². The SMILES string of the molecule is Cc1ccc(C)c(COc2cc(C)c3c(c2)O/C(=C\c2ccc([N+](=O)[O-])cc2)C3=O)c1. The molecule has 0 N–H and O–H groups in total. The molecule has 3 aromatic rings. The van der Waals surface area contributed by atoms with Gasteiger partial charge in [-0.25, -0.2) is 0 Å². The van der Waals surface area contributed by atoms with E-state index in [1.165, 1.54) is 17.7 Å². The van der Waals surface area contributed by atoms with E-state index >= 15 is 0 Å². The van der Waals surface area contributed by atoms with Gasteiger partial charge in [0.25, 0.3) is 5.69 Å². The van der Waals surface area contributed by atoms with E-state index in [-0.39, 0.29) is 17.2 Å². The van der Waals surface area contributed by atoms with Crippen molar-refractivity contribution in [2.75, 3.05) is 0 Å². The minimum Gasteiger partial charge on any atom is -0.489 e. The molecule has 6 nitrogen and oxygen atoms in total. The summed E-state index contributed by atoms with van der Waals surface area (Å²) < 4.78 is 11.8. The Kier molecular flexibility index (Phi) is 5.29. The number of fused-ring (bicyclic) bond motifs is 1. The third-order valence-electron chi connectivity index (χ3n) is 5.24. The lowest BCUT2D eigenvalue weighted by Crippen LogP contribution is -2.01. The highest BCUT2D eigenvalue weighted by Crippen LogP contribution is 2.38. The molecule has 0 bridgehead atoms. The maximum absolute atomic E-state index is 12.8. The molecular formula is C25H21NO5. The van der Waals surface area contributed by atoms with E-state index in [1.807, 2.05) is 26.8 Å². The van der Waals surface area contributed by atoms with E-state index in [0.29, 0.717) is 29.2 Å². The monoisotopic (exact) mass is 415 g/mol. The van der Waals surface area contributed by atoms with Crippen molar-refractivity contribution in [3.05, 3.63) is 104 Å². The van der Waals surface area contributed by atoms with Gasteiger partial charge in [-0.05, 0) is 67.3 Å². The second kappa shape index (κ2) is 8.07. The standard InChI is InChI=1S/C25H21NO5/c1-15-4-5-16(2)19(10-15)14-30-21-11-17(3)24-22(13-21)31-23(25(24)27)12-18-6-8-20(9-7-18)26(28)29/h4-13H,14H2,1-3H3/b23-12-. The molecule has 31 heavy (non-hydrogen) atoms. The third kappa shape index (κ3) is 4.19. The van der Waals surface area contributed by atoms with Crippen molar-refractivity contribution in [1.29, 1.82) is 0 Å². The topological polar surface area (TPSA) is 78.7 Å². The summed E-state index contributed by atoms with van der Waals surface area (Å²) in [6, 6.07) is 15.7. The molecule has 1 heterocycles. The van der Waals surface area contributed by atoms with Gasteiger partial charge in [-0.2, -0.15) is 0 Å². The summed E-state index contributed by atoms with van der Waals surface area (Å²) in [5, 5.41) is 10.8. The van der Waals surface area contributed by atoms with Crippen LogP contribution in [-0.4, -0.2) is 10.7 Å². The van der Waals surface area contributed by atoms with E-state index in [9.17, 15) is 14.9 Å². The van der Waals surface area contributed by atoms with Crippen molar-refractivity contribution in [1.82, 2.24) is 0 Å². The average Bonchev–Trinajstić information content (AvgIpc) is 3.04. The largest absolute Gasteiger partial charge is 0.489 e. The zero-order valence-electron chi connectivity index (χ0n) is 17.5. The lowest BCUT2D eigenvalue weighted by atomic mass is 10.0. The predicted molar refractivity (Wildman–Crippen MR) is 117 cm³/mol. The molecule has 6 heteroatoms. The first-order valence-electron chi connectivity index (χ1n) is 9.84. The van der Waals surface area contributed by atoms with Gasteiger partial charge in [-0.1, -0.05) is 23.8 Å². The third-order valence-corrected chi connectivity index (χ3v) is 5.24. The fraction of sp³-hybridized carbons (Fsp3) is 0.160. The van der Waals surface area contributed by atoms with Gasteiger partial charge >= 0.3 is 0 Å². The van der Waals surface area contributed by atoms with Crippen LogP contribution in [0, 0.1) is 30.9 Å². The number of ether oxygens (including phenoxy) is 2. The Morgan fingerprint density at radius 2 is 1.74 bits per heavy atom. The number of benzene rings is 3. The minimum atomic E-state index is -0.465. The average molecular weight is 415 g/mol. The number of non-ortho nitro benzene ring substituents is 1. The molecule has 4 rings (SSSR count). The lowest BCUT2D eigenvalue weighted by Gasteiger charge is -2.11. The molecule has 0 atom stereocenters. The van der Waals surface area contributed by atoms with Gasteiger partial charge in [0, 0.05) is 18.2 Å². The van der Waals surface area contributed by atoms with E-state index in [1.54, 1.807) is 24.3 Å². The zero-order valence-corrected chi connectivity index (χ0v) is 17.5. The number of Topliss-reactive ketones (excluding diaryl/α,β-unsaturated/α-hetero) is 1. The van der Waals surface area contributed by atoms with Crippen LogP contribution >= 0.6 is 0 Å². The minimum absolute atomic E-state index is 0.00872. The van der Waals surface area contributed by atoms with Crippen LogP contribution in [0.25, 0.3) is 6.08 Å². The van der Waals surface area contributed by atoms with Crippen molar-refractivity contribution < 1.29 is 19.2 Å². The second-order valence-electron chi connectivity index (χ2n) is 7.62. The van der Waals surface area contributed by atoms with Gasteiger partial charge < -0.3 is 9.47 Å². The first-order valence-corrected chi connectivity index (χ1v) is 9.84. The normalized spacial score (nSPS) is 13.8. The van der Waals surface area contributed by atoms with Gasteiger partial charge in [0.15, 0.2) is 5.76 Å². The van der Waals surface area contributed by atoms with E-state index in [0.717, 1.165) is 16.7 Å². The second-order valence-corrected chi connectivity index (χ2v) is 7.62. The first-order chi connectivity index (χ1) is 14.8. The number of hydrogen-bond donors (Lipinski definition) is 0. The van der Waals surface area contributed by atoms with Gasteiger partial charge in [0.1, 0.15) is 18.1 Å². The van der Waals surface area contributed by atoms with Crippen LogP contribution in [0.15, 0.2) is 60.4 Å². The van der Waals surface area contributed by atoms with Crippen LogP contribution in [0.3, 0.4) is 0 Å². The molecule has 0 spiro atoms. The molecule has 0 amide bonds. The van der Waals surface area contributed by atoms with Crippen LogP contribution in [-0.2, 0) is 6.61 Å². The number of hydrogen-bond acceptors (Lipinski definition) is 5. The highest BCUT2D eigenvalue weighted by molar-refractivity contribution is 6.15. The maximum atomic E-state index is 12.8. The summed E-state index contributed by atoms with van der Waals surface area (Å²) in [5.74, 6) is 1.04. The molecule has 0 aliphatic carbocycles.